The lowest BCUT2D eigenvalue weighted by Crippen LogP contribution is -2.45. The van der Waals surface area contributed by atoms with Gasteiger partial charge in [0.15, 0.2) is 0 Å². The number of rotatable bonds is 35. The van der Waals surface area contributed by atoms with Gasteiger partial charge in [0.25, 0.3) is 0 Å². The number of amides is 1. The van der Waals surface area contributed by atoms with E-state index >= 15 is 0 Å². The summed E-state index contributed by atoms with van der Waals surface area (Å²) in [4.78, 5) is 12.3. The fourth-order valence-electron chi connectivity index (χ4n) is 6.25. The summed E-state index contributed by atoms with van der Waals surface area (Å²) in [6.45, 7) is 9.02. The van der Waals surface area contributed by atoms with E-state index in [1.807, 2.05) is 6.08 Å². The Bertz CT molecular complexity index is 632. The third-order valence-electron chi connectivity index (χ3n) is 9.38. The molecule has 0 heterocycles. The summed E-state index contributed by atoms with van der Waals surface area (Å²) in [7, 11) is 0. The van der Waals surface area contributed by atoms with Crippen LogP contribution in [0.3, 0.4) is 0 Å². The van der Waals surface area contributed by atoms with Crippen LogP contribution in [0.4, 0.5) is 0 Å². The summed E-state index contributed by atoms with van der Waals surface area (Å²) in [5, 5.41) is 22.9. The highest BCUT2D eigenvalue weighted by Crippen LogP contribution is 2.16. The first-order chi connectivity index (χ1) is 21.9. The number of aliphatic hydroxyl groups is 2. The molecule has 0 radical (unpaired) electrons. The van der Waals surface area contributed by atoms with Crippen molar-refractivity contribution in [3.8, 4) is 0 Å². The van der Waals surface area contributed by atoms with E-state index in [1.54, 1.807) is 6.08 Å². The van der Waals surface area contributed by atoms with Crippen LogP contribution in [0.1, 0.15) is 214 Å². The van der Waals surface area contributed by atoms with Gasteiger partial charge in [-0.15, -0.1) is 0 Å². The molecule has 0 fully saturated rings. The SMILES string of the molecule is CC(C)CCCCCCCCCC/C=C/C(O)C(CO)NC(=O)CCCCCCCCCCCCCCCCCCCC(C)C. The Balaban J connectivity index is 3.54. The van der Waals surface area contributed by atoms with E-state index < -0.39 is 12.1 Å². The lowest BCUT2D eigenvalue weighted by atomic mass is 10.0. The van der Waals surface area contributed by atoms with Crippen LogP contribution in [0.2, 0.25) is 0 Å². The number of unbranched alkanes of at least 4 members (excludes halogenated alkanes) is 24. The second-order valence-corrected chi connectivity index (χ2v) is 15.0. The van der Waals surface area contributed by atoms with Gasteiger partial charge in [-0.25, -0.2) is 0 Å². The third-order valence-corrected chi connectivity index (χ3v) is 9.38. The van der Waals surface area contributed by atoms with Crippen molar-refractivity contribution < 1.29 is 15.0 Å². The molecule has 0 spiro atoms. The molecule has 0 aliphatic rings. The molecule has 3 N–H and O–H groups in total. The molecule has 4 nitrogen and oxygen atoms in total. The number of carbonyl (C=O) groups is 1. The van der Waals surface area contributed by atoms with E-state index in [9.17, 15) is 15.0 Å². The van der Waals surface area contributed by atoms with Gasteiger partial charge < -0.3 is 15.5 Å². The van der Waals surface area contributed by atoms with Crippen molar-refractivity contribution in [2.24, 2.45) is 11.8 Å². The van der Waals surface area contributed by atoms with Crippen molar-refractivity contribution in [1.82, 2.24) is 5.32 Å². The largest absolute Gasteiger partial charge is 0.394 e. The molecule has 2 unspecified atom stereocenters. The second-order valence-electron chi connectivity index (χ2n) is 15.0. The summed E-state index contributed by atoms with van der Waals surface area (Å²) < 4.78 is 0. The highest BCUT2D eigenvalue weighted by molar-refractivity contribution is 5.76. The maximum Gasteiger partial charge on any atom is 0.220 e. The van der Waals surface area contributed by atoms with Crippen molar-refractivity contribution in [2.75, 3.05) is 6.61 Å². The van der Waals surface area contributed by atoms with E-state index in [1.165, 1.54) is 154 Å². The molecule has 0 aromatic carbocycles. The minimum absolute atomic E-state index is 0.0626. The predicted molar refractivity (Wildman–Crippen MR) is 198 cm³/mol. The summed E-state index contributed by atoms with van der Waals surface area (Å²) in [5.74, 6) is 1.64. The van der Waals surface area contributed by atoms with Gasteiger partial charge >= 0.3 is 0 Å². The minimum Gasteiger partial charge on any atom is -0.394 e. The van der Waals surface area contributed by atoms with Crippen molar-refractivity contribution in [1.29, 1.82) is 0 Å². The van der Waals surface area contributed by atoms with Crippen molar-refractivity contribution in [3.63, 3.8) is 0 Å². The number of nitrogens with one attached hydrogen (secondary N) is 1. The Morgan fingerprint density at radius 2 is 0.867 bits per heavy atom. The van der Waals surface area contributed by atoms with Gasteiger partial charge in [0, 0.05) is 6.42 Å². The van der Waals surface area contributed by atoms with Crippen LogP contribution < -0.4 is 5.32 Å². The molecule has 2 atom stereocenters. The molecule has 0 saturated heterocycles. The van der Waals surface area contributed by atoms with Gasteiger partial charge in [0.2, 0.25) is 5.91 Å². The maximum absolute atomic E-state index is 12.3. The Labute approximate surface area is 282 Å². The molecular formula is C41H81NO3. The zero-order valence-electron chi connectivity index (χ0n) is 31.0. The molecule has 268 valence electrons. The summed E-state index contributed by atoms with van der Waals surface area (Å²) in [6.07, 6.45) is 40.2. The van der Waals surface area contributed by atoms with Crippen molar-refractivity contribution in [3.05, 3.63) is 12.2 Å². The van der Waals surface area contributed by atoms with E-state index in [2.05, 4.69) is 33.0 Å². The van der Waals surface area contributed by atoms with E-state index in [-0.39, 0.29) is 12.5 Å². The van der Waals surface area contributed by atoms with Gasteiger partial charge in [0.05, 0.1) is 18.8 Å². The molecule has 0 aliphatic carbocycles. The van der Waals surface area contributed by atoms with E-state index in [0.717, 1.165) is 37.5 Å². The van der Waals surface area contributed by atoms with Gasteiger partial charge in [-0.05, 0) is 31.1 Å². The second kappa shape index (κ2) is 34.5. The molecule has 0 aromatic rings. The van der Waals surface area contributed by atoms with Crippen molar-refractivity contribution >= 4 is 5.91 Å². The van der Waals surface area contributed by atoms with Gasteiger partial charge in [0.1, 0.15) is 0 Å². The van der Waals surface area contributed by atoms with Crippen LogP contribution in [0.25, 0.3) is 0 Å². The highest BCUT2D eigenvalue weighted by Gasteiger charge is 2.17. The molecule has 0 aromatic heterocycles. The Morgan fingerprint density at radius 3 is 1.22 bits per heavy atom. The molecule has 0 bridgehead atoms. The standard InChI is InChI=1S/C41H81NO3/c1-37(2)32-28-24-20-16-12-10-8-6-5-7-9-11-13-19-23-27-31-35-41(45)42-39(36-43)40(44)34-30-26-22-18-15-14-17-21-25-29-33-38(3)4/h30,34,37-40,43-44H,5-29,31-33,35-36H2,1-4H3,(H,42,45)/b34-30+. The Morgan fingerprint density at radius 1 is 0.533 bits per heavy atom. The number of hydrogen-bond acceptors (Lipinski definition) is 3. The van der Waals surface area contributed by atoms with E-state index in [0.29, 0.717) is 6.42 Å². The smallest absolute Gasteiger partial charge is 0.220 e. The Hall–Kier alpha value is -0.870. The first-order valence-electron chi connectivity index (χ1n) is 20.1. The zero-order chi connectivity index (χ0) is 33.2. The average molecular weight is 636 g/mol. The van der Waals surface area contributed by atoms with Gasteiger partial charge in [-0.2, -0.15) is 0 Å². The van der Waals surface area contributed by atoms with Crippen molar-refractivity contribution in [2.45, 2.75) is 226 Å². The average Bonchev–Trinajstić information content (AvgIpc) is 3.01. The number of aliphatic hydroxyl groups excluding tert-OH is 2. The van der Waals surface area contributed by atoms with Gasteiger partial charge in [-0.3, -0.25) is 4.79 Å². The maximum atomic E-state index is 12.3. The minimum atomic E-state index is -0.834. The molecule has 4 heteroatoms. The van der Waals surface area contributed by atoms with Crippen LogP contribution in [-0.4, -0.2) is 34.9 Å². The van der Waals surface area contributed by atoms with Crippen LogP contribution >= 0.6 is 0 Å². The lowest BCUT2D eigenvalue weighted by molar-refractivity contribution is -0.123. The Kier molecular flexibility index (Phi) is 33.8. The molecule has 0 saturated carbocycles. The number of carbonyl (C=O) groups excluding carboxylic acids is 1. The van der Waals surface area contributed by atoms with Crippen LogP contribution in [0.5, 0.6) is 0 Å². The molecule has 0 rings (SSSR count). The predicted octanol–water partition coefficient (Wildman–Crippen LogP) is 12.0. The van der Waals surface area contributed by atoms with Crippen LogP contribution in [-0.2, 0) is 4.79 Å². The molecular weight excluding hydrogens is 554 g/mol. The van der Waals surface area contributed by atoms with Gasteiger partial charge in [-0.1, -0.05) is 200 Å². The number of allylic oxidation sites excluding steroid dienone is 1. The molecule has 45 heavy (non-hydrogen) atoms. The summed E-state index contributed by atoms with van der Waals surface area (Å²) in [5.41, 5.74) is 0. The number of hydrogen-bond donors (Lipinski definition) is 3. The quantitative estimate of drug-likeness (QED) is 0.0479. The summed E-state index contributed by atoms with van der Waals surface area (Å²) in [6, 6.07) is -0.617. The third kappa shape index (κ3) is 34.3. The first kappa shape index (κ1) is 44.1. The zero-order valence-corrected chi connectivity index (χ0v) is 31.0. The fraction of sp³-hybridized carbons (Fsp3) is 0.927. The molecule has 1 amide bonds. The van der Waals surface area contributed by atoms with Crippen LogP contribution in [0.15, 0.2) is 12.2 Å². The van der Waals surface area contributed by atoms with E-state index in [4.69, 9.17) is 0 Å². The van der Waals surface area contributed by atoms with Crippen LogP contribution in [0, 0.1) is 11.8 Å². The topological polar surface area (TPSA) is 69.6 Å². The highest BCUT2D eigenvalue weighted by atomic mass is 16.3. The first-order valence-corrected chi connectivity index (χ1v) is 20.1. The summed E-state index contributed by atoms with van der Waals surface area (Å²) >= 11 is 0. The normalized spacial score (nSPS) is 13.3. The molecule has 0 aliphatic heterocycles. The fourth-order valence-corrected chi connectivity index (χ4v) is 6.25. The lowest BCUT2D eigenvalue weighted by Gasteiger charge is -2.20. The monoisotopic (exact) mass is 636 g/mol.